The van der Waals surface area contributed by atoms with E-state index in [1.165, 1.54) is 11.3 Å². The molecular formula is C31H26N6OS. The van der Waals surface area contributed by atoms with E-state index in [1.807, 2.05) is 90.9 Å². The van der Waals surface area contributed by atoms with Crippen molar-refractivity contribution in [1.82, 2.24) is 19.0 Å². The van der Waals surface area contributed by atoms with Crippen LogP contribution in [0, 0.1) is 6.92 Å². The van der Waals surface area contributed by atoms with Crippen molar-refractivity contribution in [3.8, 4) is 28.1 Å². The highest BCUT2D eigenvalue weighted by Crippen LogP contribution is 2.26. The lowest BCUT2D eigenvalue weighted by Crippen LogP contribution is -2.19. The Morgan fingerprint density at radius 3 is 2.18 bits per heavy atom. The molecule has 0 radical (unpaired) electrons. The number of rotatable bonds is 6. The molecule has 192 valence electrons. The van der Waals surface area contributed by atoms with Gasteiger partial charge in [0.2, 0.25) is 4.80 Å². The van der Waals surface area contributed by atoms with Gasteiger partial charge in [-0.25, -0.2) is 14.4 Å². The Bertz CT molecular complexity index is 1870. The van der Waals surface area contributed by atoms with Crippen LogP contribution in [0.3, 0.4) is 0 Å². The maximum Gasteiger partial charge on any atom is 0.297 e. The Hall–Kier alpha value is -4.95. The largest absolute Gasteiger partial charge is 0.360 e. The van der Waals surface area contributed by atoms with E-state index in [0.29, 0.717) is 10.5 Å². The Balaban J connectivity index is 1.48. The fourth-order valence-corrected chi connectivity index (χ4v) is 5.32. The first-order chi connectivity index (χ1) is 19.1. The molecule has 6 rings (SSSR count). The van der Waals surface area contributed by atoms with Crippen LogP contribution in [0.5, 0.6) is 0 Å². The van der Waals surface area contributed by atoms with E-state index >= 15 is 0 Å². The summed E-state index contributed by atoms with van der Waals surface area (Å²) >= 11 is 1.45. The molecule has 0 atom stereocenters. The maximum atomic E-state index is 13.5. The summed E-state index contributed by atoms with van der Waals surface area (Å²) in [7, 11) is 1.87. The van der Waals surface area contributed by atoms with Gasteiger partial charge in [-0.05, 0) is 42.3 Å². The van der Waals surface area contributed by atoms with Crippen molar-refractivity contribution >= 4 is 23.2 Å². The lowest BCUT2D eigenvalue weighted by molar-refractivity contribution is 0.630. The van der Waals surface area contributed by atoms with Crippen LogP contribution in [0.25, 0.3) is 28.1 Å². The van der Waals surface area contributed by atoms with Crippen LogP contribution < -0.4 is 10.4 Å². The van der Waals surface area contributed by atoms with Gasteiger partial charge in [0.1, 0.15) is 0 Å². The third kappa shape index (κ3) is 4.73. The molecule has 0 amide bonds. The number of hydrogen-bond donors (Lipinski definition) is 1. The Morgan fingerprint density at radius 2 is 1.49 bits per heavy atom. The average molecular weight is 531 g/mol. The average Bonchev–Trinajstić information content (AvgIpc) is 3.69. The molecule has 0 aliphatic heterocycles. The summed E-state index contributed by atoms with van der Waals surface area (Å²) in [5, 5.41) is 6.79. The highest BCUT2D eigenvalue weighted by Gasteiger charge is 2.17. The van der Waals surface area contributed by atoms with Crippen molar-refractivity contribution in [3.05, 3.63) is 135 Å². The first-order valence-electron chi connectivity index (χ1n) is 12.5. The maximum absolute atomic E-state index is 13.5. The van der Waals surface area contributed by atoms with E-state index < -0.39 is 0 Å². The fraction of sp³-hybridized carbons (Fsp3) is 0.0645. The number of hydrogen-bond acceptors (Lipinski definition) is 4. The summed E-state index contributed by atoms with van der Waals surface area (Å²) in [5.41, 5.74) is 6.83. The minimum Gasteiger partial charge on any atom is -0.360 e. The third-order valence-electron chi connectivity index (χ3n) is 6.64. The molecule has 3 heterocycles. The van der Waals surface area contributed by atoms with Crippen molar-refractivity contribution in [3.63, 3.8) is 0 Å². The number of para-hydroxylation sites is 1. The van der Waals surface area contributed by atoms with Crippen molar-refractivity contribution in [2.75, 3.05) is 0 Å². The number of aromatic nitrogens is 4. The molecule has 0 saturated carbocycles. The Kier molecular flexibility index (Phi) is 6.52. The molecule has 3 aromatic heterocycles. The van der Waals surface area contributed by atoms with Gasteiger partial charge in [0.15, 0.2) is 5.69 Å². The molecule has 8 heteroatoms. The minimum atomic E-state index is -0.178. The number of thiazole rings is 1. The van der Waals surface area contributed by atoms with Gasteiger partial charge in [0, 0.05) is 24.2 Å². The van der Waals surface area contributed by atoms with Gasteiger partial charge in [0.25, 0.3) is 5.56 Å². The van der Waals surface area contributed by atoms with E-state index in [0.717, 1.165) is 39.5 Å². The van der Waals surface area contributed by atoms with Gasteiger partial charge in [-0.1, -0.05) is 72.8 Å². The van der Waals surface area contributed by atoms with Crippen LogP contribution in [-0.4, -0.2) is 25.2 Å². The molecule has 0 aliphatic rings. The van der Waals surface area contributed by atoms with Crippen molar-refractivity contribution < 1.29 is 0 Å². The molecule has 0 spiro atoms. The predicted octanol–water partition coefficient (Wildman–Crippen LogP) is 6.12. The zero-order chi connectivity index (χ0) is 26.8. The molecule has 0 fully saturated rings. The lowest BCUT2D eigenvalue weighted by Gasteiger charge is -2.07. The van der Waals surface area contributed by atoms with E-state index in [4.69, 9.17) is 10.1 Å². The van der Waals surface area contributed by atoms with E-state index in [-0.39, 0.29) is 5.56 Å². The number of H-pyrrole nitrogens is 1. The van der Waals surface area contributed by atoms with Crippen LogP contribution in [0.2, 0.25) is 0 Å². The van der Waals surface area contributed by atoms with Crippen LogP contribution in [0.15, 0.2) is 124 Å². The molecule has 7 nitrogen and oxygen atoms in total. The quantitative estimate of drug-likeness (QED) is 0.259. The zero-order valence-electron chi connectivity index (χ0n) is 21.5. The minimum absolute atomic E-state index is 0.178. The lowest BCUT2D eigenvalue weighted by atomic mass is 10.0. The van der Waals surface area contributed by atoms with Crippen LogP contribution in [0.4, 0.5) is 5.69 Å². The number of aromatic amines is 1. The standard InChI is InChI=1S/C31H26N6OS/c1-22-29(30(38)37(35(22)2)27-13-7-4-8-14-27)34-31-36(33-20-26-12-9-19-32-26)28(21-39-31)25-17-15-24(16-18-25)23-10-5-3-6-11-23/h3-21,32H,1-2H3. The SMILES string of the molecule is Cc1c(N=c2scc(-c3ccc(-c4ccccc4)cc3)n2N=Cc2ccc[nH]2)c(=O)n(-c2ccccc2)n1C. The Labute approximate surface area is 229 Å². The van der Waals surface area contributed by atoms with E-state index in [2.05, 4.69) is 41.4 Å². The Morgan fingerprint density at radius 1 is 0.821 bits per heavy atom. The molecular weight excluding hydrogens is 504 g/mol. The summed E-state index contributed by atoms with van der Waals surface area (Å²) < 4.78 is 5.26. The number of benzene rings is 3. The van der Waals surface area contributed by atoms with Crippen LogP contribution >= 0.6 is 11.3 Å². The number of nitrogens with one attached hydrogen (secondary N) is 1. The highest BCUT2D eigenvalue weighted by molar-refractivity contribution is 7.07. The molecule has 0 aliphatic carbocycles. The molecule has 39 heavy (non-hydrogen) atoms. The summed E-state index contributed by atoms with van der Waals surface area (Å²) in [6.07, 6.45) is 3.61. The monoisotopic (exact) mass is 530 g/mol. The fourth-order valence-electron chi connectivity index (χ4n) is 4.47. The first-order valence-corrected chi connectivity index (χ1v) is 13.4. The third-order valence-corrected chi connectivity index (χ3v) is 7.45. The molecule has 0 unspecified atom stereocenters. The van der Waals surface area contributed by atoms with Gasteiger partial charge in [-0.15, -0.1) is 11.3 Å². The van der Waals surface area contributed by atoms with Crippen LogP contribution in [-0.2, 0) is 7.05 Å². The normalized spacial score (nSPS) is 12.0. The van der Waals surface area contributed by atoms with Crippen molar-refractivity contribution in [2.24, 2.45) is 17.1 Å². The van der Waals surface area contributed by atoms with Crippen molar-refractivity contribution in [1.29, 1.82) is 0 Å². The van der Waals surface area contributed by atoms with Gasteiger partial charge in [-0.2, -0.15) is 5.10 Å². The first kappa shape index (κ1) is 24.4. The van der Waals surface area contributed by atoms with Gasteiger partial charge in [-0.3, -0.25) is 9.48 Å². The predicted molar refractivity (Wildman–Crippen MR) is 158 cm³/mol. The second-order valence-electron chi connectivity index (χ2n) is 9.05. The molecule has 6 aromatic rings. The molecule has 0 bridgehead atoms. The zero-order valence-corrected chi connectivity index (χ0v) is 22.3. The second kappa shape index (κ2) is 10.4. The van der Waals surface area contributed by atoms with Gasteiger partial charge >= 0.3 is 0 Å². The highest BCUT2D eigenvalue weighted by atomic mass is 32.1. The van der Waals surface area contributed by atoms with E-state index in [9.17, 15) is 4.79 Å². The summed E-state index contributed by atoms with van der Waals surface area (Å²) in [6, 6.07) is 32.1. The van der Waals surface area contributed by atoms with Crippen molar-refractivity contribution in [2.45, 2.75) is 6.92 Å². The second-order valence-corrected chi connectivity index (χ2v) is 9.89. The molecule has 0 saturated heterocycles. The summed E-state index contributed by atoms with van der Waals surface area (Å²) in [6.45, 7) is 1.91. The molecule has 3 aromatic carbocycles. The van der Waals surface area contributed by atoms with Crippen LogP contribution in [0.1, 0.15) is 11.4 Å². The summed E-state index contributed by atoms with van der Waals surface area (Å²) in [5.74, 6) is 0. The van der Waals surface area contributed by atoms with Gasteiger partial charge in [0.05, 0.1) is 29.0 Å². The topological polar surface area (TPSA) is 72.4 Å². The number of nitrogens with zero attached hydrogens (tertiary/aromatic N) is 5. The molecule has 1 N–H and O–H groups in total. The van der Waals surface area contributed by atoms with E-state index in [1.54, 1.807) is 15.6 Å². The smallest absolute Gasteiger partial charge is 0.297 e. The summed E-state index contributed by atoms with van der Waals surface area (Å²) in [4.78, 5) is 22.1. The van der Waals surface area contributed by atoms with Gasteiger partial charge < -0.3 is 4.98 Å².